The number of hydrogen-bond donors (Lipinski definition) is 3. The van der Waals surface area contributed by atoms with E-state index in [9.17, 15) is 14.4 Å². The maximum Gasteiger partial charge on any atom is 0.413 e. The number of carbonyl (C=O) groups is 3. The van der Waals surface area contributed by atoms with E-state index in [1.165, 1.54) is 4.90 Å². The molecule has 30 heavy (non-hydrogen) atoms. The van der Waals surface area contributed by atoms with Gasteiger partial charge in [-0.1, -0.05) is 43.8 Å². The third-order valence-corrected chi connectivity index (χ3v) is 3.97. The van der Waals surface area contributed by atoms with Crippen molar-refractivity contribution in [3.63, 3.8) is 0 Å². The van der Waals surface area contributed by atoms with E-state index < -0.39 is 17.7 Å². The number of hydrogen-bond acceptors (Lipinski definition) is 5. The predicted molar refractivity (Wildman–Crippen MR) is 115 cm³/mol. The van der Waals surface area contributed by atoms with Gasteiger partial charge in [0, 0.05) is 19.5 Å². The highest BCUT2D eigenvalue weighted by atomic mass is 16.6. The summed E-state index contributed by atoms with van der Waals surface area (Å²) >= 11 is 0. The van der Waals surface area contributed by atoms with Crippen LogP contribution < -0.4 is 10.6 Å². The highest BCUT2D eigenvalue weighted by molar-refractivity contribution is 5.81. The molecule has 8 heteroatoms. The van der Waals surface area contributed by atoms with Gasteiger partial charge in [0.1, 0.15) is 18.0 Å². The van der Waals surface area contributed by atoms with Crippen molar-refractivity contribution in [3.8, 4) is 0 Å². The molecule has 0 aliphatic heterocycles. The van der Waals surface area contributed by atoms with E-state index >= 15 is 0 Å². The normalized spacial score (nSPS) is 11.9. The Hall–Kier alpha value is -3.03. The molecule has 0 aliphatic rings. The number of carbonyl (C=O) groups excluding carboxylic acids is 2. The summed E-state index contributed by atoms with van der Waals surface area (Å²) in [6, 6.07) is 9.85. The molecule has 0 saturated carbocycles. The van der Waals surface area contributed by atoms with Gasteiger partial charge in [0.05, 0.1) is 0 Å². The first kappa shape index (κ1) is 25.0. The van der Waals surface area contributed by atoms with Crippen LogP contribution in [-0.4, -0.2) is 53.2 Å². The van der Waals surface area contributed by atoms with Gasteiger partial charge in [-0.15, -0.1) is 0 Å². The third-order valence-electron chi connectivity index (χ3n) is 3.97. The molecule has 0 unspecified atom stereocenters. The monoisotopic (exact) mass is 419 g/mol. The van der Waals surface area contributed by atoms with Crippen LogP contribution in [0.15, 0.2) is 42.7 Å². The number of ether oxygens (including phenoxy) is 1. The van der Waals surface area contributed by atoms with Crippen LogP contribution in [0.25, 0.3) is 0 Å². The maximum atomic E-state index is 12.5. The average Bonchev–Trinajstić information content (AvgIpc) is 2.59. The molecule has 0 radical (unpaired) electrons. The fourth-order valence-corrected chi connectivity index (χ4v) is 2.82. The van der Waals surface area contributed by atoms with Crippen LogP contribution in [0.5, 0.6) is 0 Å². The zero-order valence-corrected chi connectivity index (χ0v) is 18.2. The lowest BCUT2D eigenvalue weighted by molar-refractivity contribution is -0.144. The molecule has 0 heterocycles. The molecule has 1 rings (SSSR count). The van der Waals surface area contributed by atoms with Crippen molar-refractivity contribution in [2.24, 2.45) is 5.92 Å². The van der Waals surface area contributed by atoms with Gasteiger partial charge < -0.3 is 20.1 Å². The van der Waals surface area contributed by atoms with Crippen molar-refractivity contribution in [3.05, 3.63) is 48.3 Å². The highest BCUT2D eigenvalue weighted by Crippen LogP contribution is 2.11. The zero-order chi connectivity index (χ0) is 22.7. The molecule has 0 saturated heterocycles. The van der Waals surface area contributed by atoms with Gasteiger partial charge in [-0.3, -0.25) is 14.9 Å². The van der Waals surface area contributed by atoms with Gasteiger partial charge in [0.15, 0.2) is 0 Å². The summed E-state index contributed by atoms with van der Waals surface area (Å²) in [5, 5.41) is 14.4. The molecule has 0 bridgehead atoms. The molecule has 8 nitrogen and oxygen atoms in total. The Morgan fingerprint density at radius 1 is 1.20 bits per heavy atom. The number of carboxylic acid groups (broad SMARTS) is 1. The Balaban J connectivity index is 2.49. The minimum Gasteiger partial charge on any atom is -0.480 e. The topological polar surface area (TPSA) is 108 Å². The van der Waals surface area contributed by atoms with Gasteiger partial charge in [0.25, 0.3) is 0 Å². The van der Waals surface area contributed by atoms with E-state index in [1.807, 2.05) is 37.3 Å². The summed E-state index contributed by atoms with van der Waals surface area (Å²) in [4.78, 5) is 36.8. The van der Waals surface area contributed by atoms with Gasteiger partial charge in [0.2, 0.25) is 5.91 Å². The second-order valence-electron chi connectivity index (χ2n) is 8.25. The van der Waals surface area contributed by atoms with Crippen LogP contribution in [0.2, 0.25) is 0 Å². The van der Waals surface area contributed by atoms with Crippen LogP contribution in [0.4, 0.5) is 4.79 Å². The van der Waals surface area contributed by atoms with Crippen molar-refractivity contribution >= 4 is 18.0 Å². The molecule has 166 valence electrons. The van der Waals surface area contributed by atoms with Crippen LogP contribution in [-0.2, 0) is 20.7 Å². The molecule has 2 amide bonds. The number of amides is 2. The standard InChI is InChI=1S/C22H33N3O5/c1-16(13-18-9-7-6-8-10-18)14-25(15-20(27)28)19(26)11-12-23-17(2)24-21(29)30-22(3,4)5/h6-10,16,23H,2,11-15H2,1,3-5H3,(H,24,29)(H,27,28)/t16-/m0/s1. The predicted octanol–water partition coefficient (Wildman–Crippen LogP) is 2.75. The van der Waals surface area contributed by atoms with E-state index in [0.29, 0.717) is 6.54 Å². The fraction of sp³-hybridized carbons (Fsp3) is 0.500. The van der Waals surface area contributed by atoms with Gasteiger partial charge in [-0.05, 0) is 38.7 Å². The summed E-state index contributed by atoms with van der Waals surface area (Å²) in [5.41, 5.74) is 0.507. The molecule has 0 aromatic heterocycles. The quantitative estimate of drug-likeness (QED) is 0.509. The van der Waals surface area contributed by atoms with Crippen molar-refractivity contribution in [1.29, 1.82) is 0 Å². The zero-order valence-electron chi connectivity index (χ0n) is 18.2. The van der Waals surface area contributed by atoms with Crippen LogP contribution in [0.3, 0.4) is 0 Å². The molecular formula is C22H33N3O5. The minimum absolute atomic E-state index is 0.0698. The second-order valence-corrected chi connectivity index (χ2v) is 8.25. The fourth-order valence-electron chi connectivity index (χ4n) is 2.82. The number of nitrogens with zero attached hydrogens (tertiary/aromatic N) is 1. The van der Waals surface area contributed by atoms with E-state index in [4.69, 9.17) is 9.84 Å². The molecule has 3 N–H and O–H groups in total. The number of benzene rings is 1. The molecule has 0 aliphatic carbocycles. The lowest BCUT2D eigenvalue weighted by Crippen LogP contribution is -2.41. The summed E-state index contributed by atoms with van der Waals surface area (Å²) < 4.78 is 5.12. The molecular weight excluding hydrogens is 386 g/mol. The third kappa shape index (κ3) is 11.1. The molecule has 1 aromatic rings. The molecule has 0 spiro atoms. The van der Waals surface area contributed by atoms with Crippen LogP contribution >= 0.6 is 0 Å². The first-order valence-electron chi connectivity index (χ1n) is 9.92. The highest BCUT2D eigenvalue weighted by Gasteiger charge is 2.20. The van der Waals surface area contributed by atoms with Crippen molar-refractivity contribution < 1.29 is 24.2 Å². The lowest BCUT2D eigenvalue weighted by atomic mass is 10.0. The summed E-state index contributed by atoms with van der Waals surface area (Å²) in [5.74, 6) is -1.03. The molecule has 0 fully saturated rings. The minimum atomic E-state index is -1.06. The van der Waals surface area contributed by atoms with Crippen molar-refractivity contribution in [2.75, 3.05) is 19.6 Å². The van der Waals surface area contributed by atoms with E-state index in [1.54, 1.807) is 20.8 Å². The average molecular weight is 420 g/mol. The number of carboxylic acids is 1. The smallest absolute Gasteiger partial charge is 0.413 e. The van der Waals surface area contributed by atoms with E-state index in [-0.39, 0.29) is 37.2 Å². The SMILES string of the molecule is C=C(NCCC(=O)N(CC(=O)O)C[C@@H](C)Cc1ccccc1)NC(=O)OC(C)(C)C. The Morgan fingerprint density at radius 2 is 1.83 bits per heavy atom. The maximum absolute atomic E-state index is 12.5. The van der Waals surface area contributed by atoms with Crippen molar-refractivity contribution in [1.82, 2.24) is 15.5 Å². The number of aliphatic carboxylic acids is 1. The van der Waals surface area contributed by atoms with Gasteiger partial charge >= 0.3 is 12.1 Å². The van der Waals surface area contributed by atoms with Crippen LogP contribution in [0, 0.1) is 5.92 Å². The first-order valence-corrected chi connectivity index (χ1v) is 9.92. The van der Waals surface area contributed by atoms with E-state index in [2.05, 4.69) is 17.2 Å². The Morgan fingerprint density at radius 3 is 2.40 bits per heavy atom. The summed E-state index contributed by atoms with van der Waals surface area (Å²) in [7, 11) is 0. The second kappa shape index (κ2) is 11.8. The summed E-state index contributed by atoms with van der Waals surface area (Å²) in [6.45, 7) is 11.1. The largest absolute Gasteiger partial charge is 0.480 e. The Labute approximate surface area is 178 Å². The molecule has 1 atom stereocenters. The van der Waals surface area contributed by atoms with Gasteiger partial charge in [-0.2, -0.15) is 0 Å². The molecule has 1 aromatic carbocycles. The number of alkyl carbamates (subject to hydrolysis) is 1. The van der Waals surface area contributed by atoms with Crippen molar-refractivity contribution in [2.45, 2.75) is 46.1 Å². The Bertz CT molecular complexity index is 728. The van der Waals surface area contributed by atoms with E-state index in [0.717, 1.165) is 12.0 Å². The lowest BCUT2D eigenvalue weighted by Gasteiger charge is -2.25. The Kier molecular flexibility index (Phi) is 9.88. The number of rotatable bonds is 11. The van der Waals surface area contributed by atoms with Gasteiger partial charge in [-0.25, -0.2) is 4.79 Å². The summed E-state index contributed by atoms with van der Waals surface area (Å²) in [6.07, 6.45) is 0.174. The first-order chi connectivity index (χ1) is 14.0. The van der Waals surface area contributed by atoms with Crippen LogP contribution in [0.1, 0.15) is 39.7 Å². The number of nitrogens with one attached hydrogen (secondary N) is 2.